The Balaban J connectivity index is 1.52. The first-order valence-corrected chi connectivity index (χ1v) is 9.32. The first-order chi connectivity index (χ1) is 14.4. The summed E-state index contributed by atoms with van der Waals surface area (Å²) in [5.74, 6) is -0.0278. The van der Waals surface area contributed by atoms with Gasteiger partial charge in [0.1, 0.15) is 6.33 Å². The summed E-state index contributed by atoms with van der Waals surface area (Å²) in [6.45, 7) is -0.324. The van der Waals surface area contributed by atoms with Crippen molar-refractivity contribution in [1.29, 1.82) is 0 Å². The van der Waals surface area contributed by atoms with Crippen molar-refractivity contribution in [3.8, 4) is 0 Å². The molecule has 1 aliphatic carbocycles. The number of rotatable bonds is 7. The Hall–Kier alpha value is -3.50. The fourth-order valence-electron chi connectivity index (χ4n) is 2.84. The third kappa shape index (κ3) is 5.10. The van der Waals surface area contributed by atoms with E-state index in [2.05, 4.69) is 30.7 Å². The molecule has 1 aliphatic rings. The van der Waals surface area contributed by atoms with Gasteiger partial charge in [-0.25, -0.2) is 15.0 Å². The molecule has 0 radical (unpaired) electrons. The molecule has 3 heterocycles. The number of aromatic nitrogens is 5. The molecule has 3 aromatic rings. The Kier molecular flexibility index (Phi) is 5.34. The predicted molar refractivity (Wildman–Crippen MR) is 102 cm³/mol. The summed E-state index contributed by atoms with van der Waals surface area (Å²) in [6.07, 6.45) is 2.67. The van der Waals surface area contributed by atoms with Crippen LogP contribution in [0.1, 0.15) is 41.4 Å². The quantitative estimate of drug-likeness (QED) is 0.605. The number of alkyl halides is 3. The van der Waals surface area contributed by atoms with Gasteiger partial charge in [-0.2, -0.15) is 18.3 Å². The topological polar surface area (TPSA) is 97.6 Å². The number of hydrogen-bond acceptors (Lipinski definition) is 6. The zero-order valence-electron chi connectivity index (χ0n) is 15.7. The molecule has 1 amide bonds. The maximum Gasteiger partial charge on any atom is 0.390 e. The second-order valence-corrected chi connectivity index (χ2v) is 6.94. The number of amides is 1. The molecule has 1 saturated carbocycles. The summed E-state index contributed by atoms with van der Waals surface area (Å²) >= 11 is 0. The van der Waals surface area contributed by atoms with Crippen LogP contribution in [0.2, 0.25) is 0 Å². The highest BCUT2D eigenvalue weighted by molar-refractivity contribution is 6.06. The largest absolute Gasteiger partial charge is 0.390 e. The van der Waals surface area contributed by atoms with Crippen LogP contribution in [0.5, 0.6) is 0 Å². The molecule has 2 N–H and O–H groups in total. The fraction of sp³-hybridized carbons (Fsp3) is 0.316. The van der Waals surface area contributed by atoms with Gasteiger partial charge in [0.2, 0.25) is 0 Å². The van der Waals surface area contributed by atoms with Crippen molar-refractivity contribution in [2.45, 2.75) is 37.9 Å². The summed E-state index contributed by atoms with van der Waals surface area (Å²) in [6, 6.07) is 5.08. The van der Waals surface area contributed by atoms with E-state index in [1.54, 1.807) is 18.5 Å². The number of hydrogen-bond donors (Lipinski definition) is 2. The van der Waals surface area contributed by atoms with E-state index in [-0.39, 0.29) is 18.1 Å². The third-order valence-electron chi connectivity index (χ3n) is 4.47. The van der Waals surface area contributed by atoms with Crippen LogP contribution >= 0.6 is 0 Å². The SMILES string of the molecule is O=C(Nc1ccn(CCC(F)(F)F)n1)c1nc(C2CC2)ccc1Nc1cncnc1. The van der Waals surface area contributed by atoms with E-state index < -0.39 is 18.5 Å². The number of nitrogens with zero attached hydrogens (tertiary/aromatic N) is 5. The minimum Gasteiger partial charge on any atom is -0.351 e. The van der Waals surface area contributed by atoms with Gasteiger partial charge in [-0.1, -0.05) is 0 Å². The molecule has 0 aromatic carbocycles. The first-order valence-electron chi connectivity index (χ1n) is 9.32. The fourth-order valence-corrected chi connectivity index (χ4v) is 2.84. The lowest BCUT2D eigenvalue weighted by atomic mass is 10.2. The normalized spacial score (nSPS) is 13.8. The standard InChI is InChI=1S/C19H18F3N7O/c20-19(21,22)6-8-29-7-5-16(28-29)27-18(30)17-15(25-13-9-23-11-24-10-13)4-3-14(26-17)12-1-2-12/h3-5,7,9-12,25H,1-2,6,8H2,(H,27,28,30). The number of carbonyl (C=O) groups excluding carboxylic acids is 1. The number of halogens is 3. The Morgan fingerprint density at radius 1 is 1.17 bits per heavy atom. The second kappa shape index (κ2) is 8.09. The molecule has 1 fully saturated rings. The van der Waals surface area contributed by atoms with Crippen LogP contribution in [0, 0.1) is 0 Å². The lowest BCUT2D eigenvalue weighted by Crippen LogP contribution is -2.17. The average Bonchev–Trinajstić information content (AvgIpc) is 3.47. The summed E-state index contributed by atoms with van der Waals surface area (Å²) in [5, 5.41) is 9.65. The number of anilines is 3. The van der Waals surface area contributed by atoms with Crippen molar-refractivity contribution >= 4 is 23.1 Å². The number of pyridine rings is 1. The molecule has 156 valence electrons. The zero-order chi connectivity index (χ0) is 21.1. The van der Waals surface area contributed by atoms with Crippen molar-refractivity contribution in [3.63, 3.8) is 0 Å². The molecule has 3 aromatic heterocycles. The average molecular weight is 417 g/mol. The van der Waals surface area contributed by atoms with Gasteiger partial charge in [-0.3, -0.25) is 9.48 Å². The Morgan fingerprint density at radius 2 is 1.93 bits per heavy atom. The Labute approximate surface area is 169 Å². The summed E-state index contributed by atoms with van der Waals surface area (Å²) in [7, 11) is 0. The maximum absolute atomic E-state index is 12.9. The Morgan fingerprint density at radius 3 is 2.63 bits per heavy atom. The smallest absolute Gasteiger partial charge is 0.351 e. The highest BCUT2D eigenvalue weighted by atomic mass is 19.4. The molecule has 0 spiro atoms. The molecule has 4 rings (SSSR count). The predicted octanol–water partition coefficient (Wildman–Crippen LogP) is 3.89. The maximum atomic E-state index is 12.9. The van der Waals surface area contributed by atoms with Crippen LogP contribution in [-0.4, -0.2) is 36.8 Å². The van der Waals surface area contributed by atoms with E-state index in [1.165, 1.54) is 18.6 Å². The van der Waals surface area contributed by atoms with E-state index in [0.29, 0.717) is 17.3 Å². The third-order valence-corrected chi connectivity index (χ3v) is 4.47. The first kappa shape index (κ1) is 19.8. The van der Waals surface area contributed by atoms with Gasteiger partial charge in [0, 0.05) is 30.4 Å². The van der Waals surface area contributed by atoms with Gasteiger partial charge < -0.3 is 10.6 Å². The van der Waals surface area contributed by atoms with Crippen LogP contribution in [0.4, 0.5) is 30.4 Å². The van der Waals surface area contributed by atoms with Crippen LogP contribution in [0.3, 0.4) is 0 Å². The minimum absolute atomic E-state index is 0.148. The second-order valence-electron chi connectivity index (χ2n) is 6.94. The molecular weight excluding hydrogens is 399 g/mol. The van der Waals surface area contributed by atoms with Gasteiger partial charge in [0.25, 0.3) is 5.91 Å². The van der Waals surface area contributed by atoms with Crippen LogP contribution in [0.25, 0.3) is 0 Å². The summed E-state index contributed by atoms with van der Waals surface area (Å²) < 4.78 is 38.3. The monoisotopic (exact) mass is 417 g/mol. The van der Waals surface area contributed by atoms with Crippen molar-refractivity contribution in [2.24, 2.45) is 0 Å². The van der Waals surface area contributed by atoms with E-state index >= 15 is 0 Å². The van der Waals surface area contributed by atoms with Crippen molar-refractivity contribution in [2.75, 3.05) is 10.6 Å². The van der Waals surface area contributed by atoms with Crippen molar-refractivity contribution in [1.82, 2.24) is 24.7 Å². The molecule has 11 heteroatoms. The highest BCUT2D eigenvalue weighted by Gasteiger charge is 2.28. The van der Waals surface area contributed by atoms with Crippen LogP contribution in [-0.2, 0) is 6.54 Å². The molecule has 0 unspecified atom stereocenters. The number of nitrogens with one attached hydrogen (secondary N) is 2. The van der Waals surface area contributed by atoms with Gasteiger partial charge in [-0.05, 0) is 25.0 Å². The van der Waals surface area contributed by atoms with Crippen molar-refractivity contribution < 1.29 is 18.0 Å². The van der Waals surface area contributed by atoms with Gasteiger partial charge in [-0.15, -0.1) is 0 Å². The molecule has 0 saturated heterocycles. The van der Waals surface area contributed by atoms with Crippen LogP contribution in [0.15, 0.2) is 43.1 Å². The molecule has 0 atom stereocenters. The lowest BCUT2D eigenvalue weighted by Gasteiger charge is -2.12. The highest BCUT2D eigenvalue weighted by Crippen LogP contribution is 2.39. The molecule has 30 heavy (non-hydrogen) atoms. The molecular formula is C19H18F3N7O. The van der Waals surface area contributed by atoms with E-state index in [9.17, 15) is 18.0 Å². The minimum atomic E-state index is -4.27. The summed E-state index contributed by atoms with van der Waals surface area (Å²) in [5.41, 5.74) is 2.03. The molecule has 0 aliphatic heterocycles. The van der Waals surface area contributed by atoms with Gasteiger partial charge in [0.05, 0.1) is 30.2 Å². The van der Waals surface area contributed by atoms with Gasteiger partial charge in [0.15, 0.2) is 11.5 Å². The van der Waals surface area contributed by atoms with E-state index in [4.69, 9.17) is 0 Å². The van der Waals surface area contributed by atoms with Gasteiger partial charge >= 0.3 is 6.18 Å². The molecule has 0 bridgehead atoms. The number of aryl methyl sites for hydroxylation is 1. The van der Waals surface area contributed by atoms with E-state index in [1.807, 2.05) is 6.07 Å². The summed E-state index contributed by atoms with van der Waals surface area (Å²) in [4.78, 5) is 25.2. The number of carbonyl (C=O) groups is 1. The van der Waals surface area contributed by atoms with Crippen molar-refractivity contribution in [3.05, 3.63) is 54.5 Å². The van der Waals surface area contributed by atoms with E-state index in [0.717, 1.165) is 23.2 Å². The lowest BCUT2D eigenvalue weighted by molar-refractivity contribution is -0.137. The Bertz CT molecular complexity index is 1030. The van der Waals surface area contributed by atoms with Crippen LogP contribution < -0.4 is 10.6 Å². The molecule has 8 nitrogen and oxygen atoms in total. The zero-order valence-corrected chi connectivity index (χ0v) is 15.7.